The van der Waals surface area contributed by atoms with Gasteiger partial charge in [0.25, 0.3) is 5.91 Å². The van der Waals surface area contributed by atoms with Crippen molar-refractivity contribution in [2.45, 2.75) is 6.42 Å². The van der Waals surface area contributed by atoms with Gasteiger partial charge in [0.2, 0.25) is 0 Å². The first-order valence-corrected chi connectivity index (χ1v) is 4.94. The van der Waals surface area contributed by atoms with Crippen LogP contribution in [0.1, 0.15) is 15.9 Å². The molecule has 96 valence electrons. The Hall–Kier alpha value is -2.57. The number of para-hydroxylation sites is 1. The molecule has 1 aliphatic heterocycles. The molecule has 0 aromatic heterocycles. The van der Waals surface area contributed by atoms with E-state index >= 15 is 0 Å². The van der Waals surface area contributed by atoms with Gasteiger partial charge in [-0.15, -0.1) is 0 Å². The molecule has 0 atom stereocenters. The van der Waals surface area contributed by atoms with Crippen molar-refractivity contribution in [3.63, 3.8) is 0 Å². The van der Waals surface area contributed by atoms with Gasteiger partial charge in [-0.05, 0) is 11.6 Å². The summed E-state index contributed by atoms with van der Waals surface area (Å²) in [6, 6.07) is 5.47. The Bertz CT molecular complexity index is 484. The lowest BCUT2D eigenvalue weighted by Crippen LogP contribution is -2.12. The van der Waals surface area contributed by atoms with Crippen molar-refractivity contribution in [3.8, 4) is 5.75 Å². The molecule has 0 radical (unpaired) electrons. The van der Waals surface area contributed by atoms with Crippen LogP contribution in [0.3, 0.4) is 0 Å². The lowest BCUT2D eigenvalue weighted by molar-refractivity contribution is -0.159. The zero-order chi connectivity index (χ0) is 13.7. The topological polar surface area (TPSA) is 127 Å². The molecular weight excluding hydrogens is 242 g/mol. The molecule has 0 fully saturated rings. The predicted molar refractivity (Wildman–Crippen MR) is 59.4 cm³/mol. The second-order valence-electron chi connectivity index (χ2n) is 3.37. The van der Waals surface area contributed by atoms with Gasteiger partial charge in [0.1, 0.15) is 5.75 Å². The van der Waals surface area contributed by atoms with Crippen molar-refractivity contribution in [3.05, 3.63) is 29.3 Å². The molecule has 4 N–H and O–H groups in total. The van der Waals surface area contributed by atoms with Gasteiger partial charge in [0.15, 0.2) is 0 Å². The molecule has 0 saturated carbocycles. The van der Waals surface area contributed by atoms with E-state index in [1.165, 1.54) is 0 Å². The fourth-order valence-corrected chi connectivity index (χ4v) is 1.41. The van der Waals surface area contributed by atoms with Gasteiger partial charge in [-0.3, -0.25) is 4.79 Å². The second-order valence-corrected chi connectivity index (χ2v) is 3.37. The standard InChI is InChI=1S/C9H9NO2.C2H2O4/c10-9(11)7-3-1-2-6-4-5-12-8(6)7;3-1(4)2(5)6/h1-3H,4-5H2,(H2,10,11);(H,3,4)(H,5,6). The van der Waals surface area contributed by atoms with Crippen molar-refractivity contribution < 1.29 is 29.3 Å². The summed E-state index contributed by atoms with van der Waals surface area (Å²) < 4.78 is 5.29. The van der Waals surface area contributed by atoms with Gasteiger partial charge in [0.05, 0.1) is 12.2 Å². The third-order valence-corrected chi connectivity index (χ3v) is 2.16. The number of hydrogen-bond acceptors (Lipinski definition) is 4. The number of ether oxygens (including phenoxy) is 1. The van der Waals surface area contributed by atoms with Gasteiger partial charge in [-0.2, -0.15) is 0 Å². The second kappa shape index (κ2) is 5.67. The summed E-state index contributed by atoms with van der Waals surface area (Å²) in [5, 5.41) is 14.8. The fraction of sp³-hybridized carbons (Fsp3) is 0.182. The van der Waals surface area contributed by atoms with Crippen LogP contribution >= 0.6 is 0 Å². The first-order chi connectivity index (χ1) is 8.43. The van der Waals surface area contributed by atoms with E-state index in [0.717, 1.165) is 12.0 Å². The number of carbonyl (C=O) groups is 3. The monoisotopic (exact) mass is 253 g/mol. The fourth-order valence-electron chi connectivity index (χ4n) is 1.41. The number of nitrogens with two attached hydrogens (primary N) is 1. The highest BCUT2D eigenvalue weighted by Gasteiger charge is 2.18. The zero-order valence-corrected chi connectivity index (χ0v) is 9.25. The molecule has 2 rings (SSSR count). The number of amides is 1. The van der Waals surface area contributed by atoms with Crippen molar-refractivity contribution >= 4 is 17.8 Å². The average molecular weight is 253 g/mol. The molecule has 0 unspecified atom stereocenters. The van der Waals surface area contributed by atoms with Crippen molar-refractivity contribution in [1.82, 2.24) is 0 Å². The Kier molecular flexibility index (Phi) is 4.25. The minimum Gasteiger partial charge on any atom is -0.492 e. The van der Waals surface area contributed by atoms with E-state index in [-0.39, 0.29) is 0 Å². The molecule has 0 saturated heterocycles. The van der Waals surface area contributed by atoms with Crippen LogP contribution in [0.2, 0.25) is 0 Å². The summed E-state index contributed by atoms with van der Waals surface area (Å²) in [5.41, 5.74) is 6.73. The van der Waals surface area contributed by atoms with Crippen molar-refractivity contribution in [2.75, 3.05) is 6.61 Å². The number of aliphatic carboxylic acids is 2. The number of benzene rings is 1. The molecule has 1 amide bonds. The van der Waals surface area contributed by atoms with Crippen molar-refractivity contribution in [2.24, 2.45) is 5.73 Å². The SMILES string of the molecule is NC(=O)c1cccc2c1OCC2.O=C(O)C(=O)O. The molecule has 0 spiro atoms. The Balaban J connectivity index is 0.000000232. The number of fused-ring (bicyclic) bond motifs is 1. The molecule has 1 heterocycles. The summed E-state index contributed by atoms with van der Waals surface area (Å²) in [4.78, 5) is 29.1. The van der Waals surface area contributed by atoms with Crippen LogP contribution in [-0.2, 0) is 16.0 Å². The number of carboxylic acids is 2. The van der Waals surface area contributed by atoms with Crippen LogP contribution in [0.25, 0.3) is 0 Å². The van der Waals surface area contributed by atoms with Crippen LogP contribution < -0.4 is 10.5 Å². The maximum atomic E-state index is 10.9. The third kappa shape index (κ3) is 3.21. The Morgan fingerprint density at radius 2 is 1.78 bits per heavy atom. The summed E-state index contributed by atoms with van der Waals surface area (Å²) in [6.45, 7) is 0.652. The van der Waals surface area contributed by atoms with Crippen LogP contribution in [0.5, 0.6) is 5.75 Å². The van der Waals surface area contributed by atoms with E-state index in [1.807, 2.05) is 12.1 Å². The Morgan fingerprint density at radius 3 is 2.28 bits per heavy atom. The lowest BCUT2D eigenvalue weighted by Gasteiger charge is -2.02. The van der Waals surface area contributed by atoms with E-state index in [2.05, 4.69) is 0 Å². The van der Waals surface area contributed by atoms with Gasteiger partial charge < -0.3 is 20.7 Å². The molecule has 1 aliphatic rings. The number of hydrogen-bond donors (Lipinski definition) is 3. The number of carboxylic acid groups (broad SMARTS) is 2. The summed E-state index contributed by atoms with van der Waals surface area (Å²) in [5.74, 6) is -3.40. The average Bonchev–Trinajstić information content (AvgIpc) is 2.76. The third-order valence-electron chi connectivity index (χ3n) is 2.16. The first-order valence-electron chi connectivity index (χ1n) is 4.94. The number of carbonyl (C=O) groups excluding carboxylic acids is 1. The highest BCUT2D eigenvalue weighted by Crippen LogP contribution is 2.28. The van der Waals surface area contributed by atoms with E-state index in [4.69, 9.17) is 30.3 Å². The van der Waals surface area contributed by atoms with E-state index in [9.17, 15) is 4.79 Å². The molecule has 1 aromatic rings. The van der Waals surface area contributed by atoms with Crippen LogP contribution in [-0.4, -0.2) is 34.7 Å². The number of primary amides is 1. The first kappa shape index (κ1) is 13.5. The number of rotatable bonds is 1. The van der Waals surface area contributed by atoms with Gasteiger partial charge in [-0.25, -0.2) is 9.59 Å². The van der Waals surface area contributed by atoms with Crippen LogP contribution in [0.15, 0.2) is 18.2 Å². The molecular formula is C11H11NO6. The molecule has 0 bridgehead atoms. The minimum absolute atomic E-state index is 0.422. The van der Waals surface area contributed by atoms with Gasteiger partial charge in [-0.1, -0.05) is 12.1 Å². The molecule has 0 aliphatic carbocycles. The van der Waals surface area contributed by atoms with E-state index in [0.29, 0.717) is 17.9 Å². The highest BCUT2D eigenvalue weighted by molar-refractivity contribution is 6.27. The van der Waals surface area contributed by atoms with Crippen LogP contribution in [0, 0.1) is 0 Å². The zero-order valence-electron chi connectivity index (χ0n) is 9.25. The van der Waals surface area contributed by atoms with Crippen molar-refractivity contribution in [1.29, 1.82) is 0 Å². The van der Waals surface area contributed by atoms with E-state index in [1.54, 1.807) is 6.07 Å². The predicted octanol–water partition coefficient (Wildman–Crippen LogP) is -0.124. The quantitative estimate of drug-likeness (QED) is 0.598. The van der Waals surface area contributed by atoms with Gasteiger partial charge in [0, 0.05) is 6.42 Å². The highest BCUT2D eigenvalue weighted by atomic mass is 16.5. The summed E-state index contributed by atoms with van der Waals surface area (Å²) >= 11 is 0. The lowest BCUT2D eigenvalue weighted by atomic mass is 10.1. The van der Waals surface area contributed by atoms with Crippen LogP contribution in [0.4, 0.5) is 0 Å². The summed E-state index contributed by atoms with van der Waals surface area (Å²) in [7, 11) is 0. The van der Waals surface area contributed by atoms with E-state index < -0.39 is 17.8 Å². The largest absolute Gasteiger partial charge is 0.492 e. The smallest absolute Gasteiger partial charge is 0.414 e. The Labute approximate surface area is 102 Å². The molecule has 7 nitrogen and oxygen atoms in total. The molecule has 1 aromatic carbocycles. The minimum atomic E-state index is -1.82. The maximum Gasteiger partial charge on any atom is 0.414 e. The maximum absolute atomic E-state index is 10.9. The molecule has 18 heavy (non-hydrogen) atoms. The molecule has 7 heteroatoms. The normalized spacial score (nSPS) is 11.6. The Morgan fingerprint density at radius 1 is 1.17 bits per heavy atom. The van der Waals surface area contributed by atoms with Gasteiger partial charge >= 0.3 is 11.9 Å². The summed E-state index contributed by atoms with van der Waals surface area (Å²) in [6.07, 6.45) is 0.871.